The molecule has 148 valence electrons. The minimum Gasteiger partial charge on any atom is -0.486 e. The van der Waals surface area contributed by atoms with Crippen molar-refractivity contribution in [3.05, 3.63) is 53.6 Å². The first kappa shape index (κ1) is 19.7. The number of hydrogen-bond donors (Lipinski definition) is 0. The van der Waals surface area contributed by atoms with Crippen LogP contribution in [-0.4, -0.2) is 53.3 Å². The summed E-state index contributed by atoms with van der Waals surface area (Å²) >= 11 is 0. The number of carbonyl (C=O) groups excluding carboxylic acids is 2. The quantitative estimate of drug-likeness (QED) is 0.534. The SMILES string of the molecule is CN(c1ccc(C(=O)COC(=O)c2ccc3c(c2)OCCO3)cc1)S(C)(=O)=O. The topological polar surface area (TPSA) is 99.2 Å². The number of esters is 1. The van der Waals surface area contributed by atoms with Crippen molar-refractivity contribution in [2.24, 2.45) is 0 Å². The van der Waals surface area contributed by atoms with Gasteiger partial charge in [0.25, 0.3) is 0 Å². The summed E-state index contributed by atoms with van der Waals surface area (Å²) in [6, 6.07) is 10.7. The number of Topliss-reactive ketones (excluding diaryl/α,β-unsaturated/α-hetero) is 1. The number of fused-ring (bicyclic) bond motifs is 1. The molecule has 1 aliphatic rings. The Hall–Kier alpha value is -3.07. The van der Waals surface area contributed by atoms with Crippen molar-refractivity contribution >= 4 is 27.5 Å². The van der Waals surface area contributed by atoms with Crippen molar-refractivity contribution in [3.8, 4) is 11.5 Å². The van der Waals surface area contributed by atoms with Crippen molar-refractivity contribution in [1.29, 1.82) is 0 Å². The number of carbonyl (C=O) groups is 2. The minimum atomic E-state index is -3.39. The molecule has 0 bridgehead atoms. The van der Waals surface area contributed by atoms with Gasteiger partial charge in [0.1, 0.15) is 13.2 Å². The predicted octanol–water partition coefficient (Wildman–Crippen LogP) is 1.89. The van der Waals surface area contributed by atoms with E-state index in [2.05, 4.69) is 0 Å². The van der Waals surface area contributed by atoms with E-state index < -0.39 is 28.4 Å². The van der Waals surface area contributed by atoms with Crippen LogP contribution >= 0.6 is 0 Å². The van der Waals surface area contributed by atoms with E-state index in [-0.39, 0.29) is 5.56 Å². The maximum absolute atomic E-state index is 12.2. The maximum Gasteiger partial charge on any atom is 0.338 e. The van der Waals surface area contributed by atoms with Gasteiger partial charge in [0, 0.05) is 12.6 Å². The van der Waals surface area contributed by atoms with Gasteiger partial charge >= 0.3 is 5.97 Å². The molecule has 0 N–H and O–H groups in total. The van der Waals surface area contributed by atoms with Gasteiger partial charge in [-0.1, -0.05) is 0 Å². The molecule has 2 aromatic rings. The molecule has 9 heteroatoms. The highest BCUT2D eigenvalue weighted by Crippen LogP contribution is 2.30. The van der Waals surface area contributed by atoms with Crippen LogP contribution in [0.25, 0.3) is 0 Å². The van der Waals surface area contributed by atoms with Crippen LogP contribution < -0.4 is 13.8 Å². The number of benzene rings is 2. The number of nitrogens with zero attached hydrogens (tertiary/aromatic N) is 1. The molecular weight excluding hydrogens is 386 g/mol. The number of sulfonamides is 1. The first-order valence-electron chi connectivity index (χ1n) is 8.39. The van der Waals surface area contributed by atoms with E-state index in [4.69, 9.17) is 14.2 Å². The van der Waals surface area contributed by atoms with Gasteiger partial charge in [-0.05, 0) is 42.5 Å². The zero-order valence-corrected chi connectivity index (χ0v) is 16.2. The fraction of sp³-hybridized carbons (Fsp3) is 0.263. The molecule has 0 unspecified atom stereocenters. The van der Waals surface area contributed by atoms with Crippen LogP contribution in [0.4, 0.5) is 5.69 Å². The zero-order chi connectivity index (χ0) is 20.3. The monoisotopic (exact) mass is 405 g/mol. The summed E-state index contributed by atoms with van der Waals surface area (Å²) in [7, 11) is -1.97. The Labute approximate surface area is 162 Å². The van der Waals surface area contributed by atoms with Gasteiger partial charge in [0.15, 0.2) is 23.9 Å². The molecule has 0 atom stereocenters. The summed E-state index contributed by atoms with van der Waals surface area (Å²) in [6.45, 7) is 0.410. The van der Waals surface area contributed by atoms with Gasteiger partial charge in [-0.3, -0.25) is 9.10 Å². The van der Waals surface area contributed by atoms with Gasteiger partial charge in [-0.15, -0.1) is 0 Å². The van der Waals surface area contributed by atoms with Gasteiger partial charge in [0.2, 0.25) is 10.0 Å². The summed E-state index contributed by atoms with van der Waals surface area (Å²) in [5.41, 5.74) is 0.982. The van der Waals surface area contributed by atoms with Gasteiger partial charge in [-0.25, -0.2) is 13.2 Å². The van der Waals surface area contributed by atoms with Crippen molar-refractivity contribution in [1.82, 2.24) is 0 Å². The lowest BCUT2D eigenvalue weighted by Gasteiger charge is -2.18. The Kier molecular flexibility index (Phi) is 5.55. The van der Waals surface area contributed by atoms with Gasteiger partial charge in [-0.2, -0.15) is 0 Å². The first-order chi connectivity index (χ1) is 13.3. The molecule has 0 spiro atoms. The molecule has 28 heavy (non-hydrogen) atoms. The molecule has 0 fully saturated rings. The second-order valence-corrected chi connectivity index (χ2v) is 8.15. The Morgan fingerprint density at radius 1 is 1.00 bits per heavy atom. The molecule has 3 rings (SSSR count). The smallest absolute Gasteiger partial charge is 0.338 e. The van der Waals surface area contributed by atoms with E-state index in [9.17, 15) is 18.0 Å². The number of anilines is 1. The number of rotatable bonds is 6. The Bertz CT molecular complexity index is 999. The molecule has 1 heterocycles. The predicted molar refractivity (Wildman–Crippen MR) is 102 cm³/mol. The average Bonchev–Trinajstić information content (AvgIpc) is 2.70. The molecule has 0 saturated heterocycles. The lowest BCUT2D eigenvalue weighted by molar-refractivity contribution is 0.0474. The van der Waals surface area contributed by atoms with Crippen LogP contribution in [0.2, 0.25) is 0 Å². The number of ketones is 1. The third kappa shape index (κ3) is 4.42. The maximum atomic E-state index is 12.2. The van der Waals surface area contributed by atoms with Gasteiger partial charge < -0.3 is 14.2 Å². The van der Waals surface area contributed by atoms with Crippen LogP contribution in [0.3, 0.4) is 0 Å². The van der Waals surface area contributed by atoms with E-state index in [1.807, 2.05) is 0 Å². The zero-order valence-electron chi connectivity index (χ0n) is 15.4. The van der Waals surface area contributed by atoms with E-state index >= 15 is 0 Å². The van der Waals surface area contributed by atoms with E-state index in [0.29, 0.717) is 36.0 Å². The largest absolute Gasteiger partial charge is 0.486 e. The highest BCUT2D eigenvalue weighted by atomic mass is 32.2. The molecule has 0 radical (unpaired) electrons. The van der Waals surface area contributed by atoms with Crippen LogP contribution in [0, 0.1) is 0 Å². The molecule has 1 aliphatic heterocycles. The summed E-state index contributed by atoms with van der Waals surface area (Å²) in [5, 5.41) is 0. The molecule has 8 nitrogen and oxygen atoms in total. The molecular formula is C19H19NO7S. The van der Waals surface area contributed by atoms with Crippen LogP contribution in [0.15, 0.2) is 42.5 Å². The van der Waals surface area contributed by atoms with Crippen molar-refractivity contribution in [2.45, 2.75) is 0 Å². The summed E-state index contributed by atoms with van der Waals surface area (Å²) < 4.78 is 40.1. The lowest BCUT2D eigenvalue weighted by atomic mass is 10.1. The Balaban J connectivity index is 1.61. The third-order valence-electron chi connectivity index (χ3n) is 4.16. The minimum absolute atomic E-state index is 0.252. The highest BCUT2D eigenvalue weighted by Gasteiger charge is 2.18. The first-order valence-corrected chi connectivity index (χ1v) is 10.2. The summed E-state index contributed by atoms with van der Waals surface area (Å²) in [5.74, 6) is -0.0474. The van der Waals surface area contributed by atoms with Crippen molar-refractivity contribution < 1.29 is 32.2 Å². The molecule has 0 aliphatic carbocycles. The standard InChI is InChI=1S/C19H19NO7S/c1-20(28(2,23)24)15-6-3-13(4-7-15)16(21)12-27-19(22)14-5-8-17-18(11-14)26-10-9-25-17/h3-8,11H,9-10,12H2,1-2H3. The Morgan fingerprint density at radius 2 is 1.61 bits per heavy atom. The second-order valence-electron chi connectivity index (χ2n) is 6.14. The normalized spacial score (nSPS) is 12.9. The van der Waals surface area contributed by atoms with Crippen LogP contribution in [0.1, 0.15) is 20.7 Å². The fourth-order valence-corrected chi connectivity index (χ4v) is 3.02. The summed E-state index contributed by atoms with van der Waals surface area (Å²) in [4.78, 5) is 24.4. The van der Waals surface area contributed by atoms with Crippen molar-refractivity contribution in [3.63, 3.8) is 0 Å². The van der Waals surface area contributed by atoms with Crippen molar-refractivity contribution in [2.75, 3.05) is 37.4 Å². The Morgan fingerprint density at radius 3 is 2.25 bits per heavy atom. The van der Waals surface area contributed by atoms with Crippen LogP contribution in [-0.2, 0) is 14.8 Å². The average molecular weight is 405 g/mol. The molecule has 0 saturated carbocycles. The summed E-state index contributed by atoms with van der Waals surface area (Å²) in [6.07, 6.45) is 1.09. The highest BCUT2D eigenvalue weighted by molar-refractivity contribution is 7.92. The lowest BCUT2D eigenvalue weighted by Crippen LogP contribution is -2.24. The molecule has 0 amide bonds. The number of ether oxygens (including phenoxy) is 3. The van der Waals surface area contributed by atoms with Gasteiger partial charge in [0.05, 0.1) is 17.5 Å². The second kappa shape index (κ2) is 7.89. The molecule has 2 aromatic carbocycles. The molecule has 0 aromatic heterocycles. The fourth-order valence-electron chi connectivity index (χ4n) is 2.52. The van der Waals surface area contributed by atoms with E-state index in [0.717, 1.165) is 10.6 Å². The van der Waals surface area contributed by atoms with E-state index in [1.165, 1.54) is 43.4 Å². The van der Waals surface area contributed by atoms with Crippen LogP contribution in [0.5, 0.6) is 11.5 Å². The van der Waals surface area contributed by atoms with E-state index in [1.54, 1.807) is 6.07 Å². The number of hydrogen-bond acceptors (Lipinski definition) is 7. The third-order valence-corrected chi connectivity index (χ3v) is 5.37.